The van der Waals surface area contributed by atoms with E-state index in [-0.39, 0.29) is 31.6 Å². The zero-order chi connectivity index (χ0) is 27.7. The minimum atomic E-state index is -1.17. The van der Waals surface area contributed by atoms with Gasteiger partial charge in [0.1, 0.15) is 18.1 Å². The molecule has 5 unspecified atom stereocenters. The van der Waals surface area contributed by atoms with Crippen LogP contribution in [0.25, 0.3) is 0 Å². The van der Waals surface area contributed by atoms with Crippen molar-refractivity contribution in [3.8, 4) is 0 Å². The lowest BCUT2D eigenvalue weighted by atomic mass is 9.96. The third kappa shape index (κ3) is 13.4. The molecule has 12 N–H and O–H groups in total. The van der Waals surface area contributed by atoms with Crippen molar-refractivity contribution in [1.29, 1.82) is 0 Å². The van der Waals surface area contributed by atoms with Gasteiger partial charge in [-0.25, -0.2) is 4.79 Å². The Morgan fingerprint density at radius 3 is 1.78 bits per heavy atom. The molecule has 36 heavy (non-hydrogen) atoms. The van der Waals surface area contributed by atoms with Crippen LogP contribution >= 0.6 is 0 Å². The summed E-state index contributed by atoms with van der Waals surface area (Å²) in [7, 11) is 0. The van der Waals surface area contributed by atoms with Crippen LogP contribution in [0.4, 0.5) is 0 Å². The highest BCUT2D eigenvalue weighted by Crippen LogP contribution is 2.11. The predicted molar refractivity (Wildman–Crippen MR) is 135 cm³/mol. The summed E-state index contributed by atoms with van der Waals surface area (Å²) in [6.07, 6.45) is 3.24. The summed E-state index contributed by atoms with van der Waals surface area (Å²) in [6.45, 7) is 4.41. The second-order valence-electron chi connectivity index (χ2n) is 9.01. The first-order chi connectivity index (χ1) is 17.0. The molecule has 0 aromatic rings. The van der Waals surface area contributed by atoms with Gasteiger partial charge in [-0.05, 0) is 64.0 Å². The number of carbonyl (C=O) groups is 5. The number of aliphatic carboxylic acids is 1. The summed E-state index contributed by atoms with van der Waals surface area (Å²) in [6, 6.07) is -4.17. The van der Waals surface area contributed by atoms with Crippen molar-refractivity contribution in [1.82, 2.24) is 16.0 Å². The van der Waals surface area contributed by atoms with Gasteiger partial charge in [0.2, 0.25) is 23.6 Å². The Kier molecular flexibility index (Phi) is 17.1. The van der Waals surface area contributed by atoms with Gasteiger partial charge in [0, 0.05) is 6.42 Å². The second-order valence-corrected chi connectivity index (χ2v) is 9.01. The molecule has 0 aromatic carbocycles. The van der Waals surface area contributed by atoms with E-state index >= 15 is 0 Å². The highest BCUT2D eigenvalue weighted by Gasteiger charge is 2.32. The maximum Gasteiger partial charge on any atom is 0.326 e. The molecule has 0 aliphatic carbocycles. The first kappa shape index (κ1) is 33.2. The van der Waals surface area contributed by atoms with E-state index < -0.39 is 53.8 Å². The number of rotatable bonds is 20. The molecule has 0 fully saturated rings. The normalized spacial score (nSPS) is 15.1. The standard InChI is InChI=1S/C23H45N7O6/c1-3-14(2)19(22(34)29-17(23(35)36)9-5-7-13-25)30-21(33)16(8-4-6-12-24)28-20(32)15(26)10-11-18(27)31/h14-17,19H,3-13,24-26H2,1-2H3,(H2,27,31)(H,28,32)(H,29,34)(H,30,33)(H,35,36). The molecule has 0 radical (unpaired) electrons. The molecular weight excluding hydrogens is 470 g/mol. The third-order valence-electron chi connectivity index (χ3n) is 5.97. The van der Waals surface area contributed by atoms with Crippen LogP contribution in [-0.4, -0.2) is 72.0 Å². The number of amides is 4. The summed E-state index contributed by atoms with van der Waals surface area (Å²) in [5.41, 5.74) is 21.9. The molecule has 0 aromatic heterocycles. The fourth-order valence-corrected chi connectivity index (χ4v) is 3.44. The van der Waals surface area contributed by atoms with Crippen molar-refractivity contribution in [3.05, 3.63) is 0 Å². The lowest BCUT2D eigenvalue weighted by Gasteiger charge is -2.28. The van der Waals surface area contributed by atoms with E-state index in [1.807, 2.05) is 6.92 Å². The van der Waals surface area contributed by atoms with Crippen LogP contribution in [0.3, 0.4) is 0 Å². The Bertz CT molecular complexity index is 721. The summed E-state index contributed by atoms with van der Waals surface area (Å²) in [5, 5.41) is 17.3. The van der Waals surface area contributed by atoms with Crippen molar-refractivity contribution in [2.75, 3.05) is 13.1 Å². The quantitative estimate of drug-likeness (QED) is 0.0870. The molecule has 5 atom stereocenters. The predicted octanol–water partition coefficient (Wildman–Crippen LogP) is -1.58. The molecule has 4 amide bonds. The van der Waals surface area contributed by atoms with Gasteiger partial charge in [-0.15, -0.1) is 0 Å². The van der Waals surface area contributed by atoms with Crippen molar-refractivity contribution >= 4 is 29.6 Å². The van der Waals surface area contributed by atoms with E-state index in [0.29, 0.717) is 45.2 Å². The van der Waals surface area contributed by atoms with Crippen LogP contribution in [0.15, 0.2) is 0 Å². The highest BCUT2D eigenvalue weighted by atomic mass is 16.4. The average molecular weight is 516 g/mol. The van der Waals surface area contributed by atoms with Gasteiger partial charge in [0.25, 0.3) is 0 Å². The highest BCUT2D eigenvalue weighted by molar-refractivity contribution is 5.94. The molecule has 0 heterocycles. The number of carboxylic acids is 1. The van der Waals surface area contributed by atoms with Gasteiger partial charge in [0.05, 0.1) is 6.04 Å². The van der Waals surface area contributed by atoms with Crippen molar-refractivity contribution in [2.45, 2.75) is 95.8 Å². The molecule has 13 nitrogen and oxygen atoms in total. The van der Waals surface area contributed by atoms with Gasteiger partial charge >= 0.3 is 5.97 Å². The topological polar surface area (TPSA) is 246 Å². The van der Waals surface area contributed by atoms with Gasteiger partial charge in [0.15, 0.2) is 0 Å². The van der Waals surface area contributed by atoms with E-state index in [4.69, 9.17) is 22.9 Å². The smallest absolute Gasteiger partial charge is 0.326 e. The number of nitrogens with one attached hydrogen (secondary N) is 3. The molecular formula is C23H45N7O6. The van der Waals surface area contributed by atoms with Crippen LogP contribution < -0.4 is 38.9 Å². The van der Waals surface area contributed by atoms with E-state index in [1.54, 1.807) is 6.92 Å². The molecule has 0 saturated heterocycles. The van der Waals surface area contributed by atoms with Crippen molar-refractivity contribution < 1.29 is 29.1 Å². The number of hydrogen-bond acceptors (Lipinski definition) is 8. The average Bonchev–Trinajstić information content (AvgIpc) is 2.83. The number of hydrogen-bond donors (Lipinski definition) is 8. The van der Waals surface area contributed by atoms with Crippen molar-refractivity contribution in [2.24, 2.45) is 28.9 Å². The summed E-state index contributed by atoms with van der Waals surface area (Å²) < 4.78 is 0. The fraction of sp³-hybridized carbons (Fsp3) is 0.783. The Morgan fingerprint density at radius 1 is 0.778 bits per heavy atom. The minimum Gasteiger partial charge on any atom is -0.480 e. The van der Waals surface area contributed by atoms with Gasteiger partial charge in [-0.2, -0.15) is 0 Å². The first-order valence-electron chi connectivity index (χ1n) is 12.6. The summed E-state index contributed by atoms with van der Waals surface area (Å²) in [4.78, 5) is 61.3. The monoisotopic (exact) mass is 515 g/mol. The van der Waals surface area contributed by atoms with Crippen LogP contribution in [-0.2, 0) is 24.0 Å². The molecule has 13 heteroatoms. The van der Waals surface area contributed by atoms with Crippen LogP contribution in [0.2, 0.25) is 0 Å². The summed E-state index contributed by atoms with van der Waals surface area (Å²) in [5.74, 6) is -3.93. The maximum atomic E-state index is 13.1. The lowest BCUT2D eigenvalue weighted by Crippen LogP contribution is -2.58. The van der Waals surface area contributed by atoms with Crippen molar-refractivity contribution in [3.63, 3.8) is 0 Å². The molecule has 0 spiro atoms. The van der Waals surface area contributed by atoms with Gasteiger partial charge < -0.3 is 44.0 Å². The Hall–Kier alpha value is -2.77. The molecule has 0 aliphatic heterocycles. The molecule has 0 bridgehead atoms. The summed E-state index contributed by atoms with van der Waals surface area (Å²) >= 11 is 0. The SMILES string of the molecule is CCC(C)C(NC(=O)C(CCCCN)NC(=O)C(N)CCC(N)=O)C(=O)NC(CCCCN)C(=O)O. The third-order valence-corrected chi connectivity index (χ3v) is 5.97. The number of nitrogens with two attached hydrogens (primary N) is 4. The molecule has 0 rings (SSSR count). The van der Waals surface area contributed by atoms with Crippen LogP contribution in [0.1, 0.15) is 71.6 Å². The van der Waals surface area contributed by atoms with Gasteiger partial charge in [-0.1, -0.05) is 20.3 Å². The fourth-order valence-electron chi connectivity index (χ4n) is 3.44. The largest absolute Gasteiger partial charge is 0.480 e. The minimum absolute atomic E-state index is 0.0247. The second kappa shape index (κ2) is 18.5. The van der Waals surface area contributed by atoms with E-state index in [0.717, 1.165) is 0 Å². The Labute approximate surface area is 212 Å². The number of unbranched alkanes of at least 4 members (excludes halogenated alkanes) is 2. The Morgan fingerprint density at radius 2 is 1.31 bits per heavy atom. The molecule has 208 valence electrons. The first-order valence-corrected chi connectivity index (χ1v) is 12.6. The maximum absolute atomic E-state index is 13.1. The zero-order valence-corrected chi connectivity index (χ0v) is 21.5. The number of primary amides is 1. The lowest BCUT2D eigenvalue weighted by molar-refractivity contribution is -0.143. The van der Waals surface area contributed by atoms with E-state index in [9.17, 15) is 29.1 Å². The van der Waals surface area contributed by atoms with Gasteiger partial charge in [-0.3, -0.25) is 19.2 Å². The molecule has 0 saturated carbocycles. The van der Waals surface area contributed by atoms with Crippen LogP contribution in [0.5, 0.6) is 0 Å². The Balaban J connectivity index is 5.50. The number of carbonyl (C=O) groups excluding carboxylic acids is 4. The van der Waals surface area contributed by atoms with E-state index in [1.165, 1.54) is 0 Å². The molecule has 0 aliphatic rings. The zero-order valence-electron chi connectivity index (χ0n) is 21.5. The van der Waals surface area contributed by atoms with E-state index in [2.05, 4.69) is 16.0 Å². The number of carboxylic acid groups (broad SMARTS) is 1. The van der Waals surface area contributed by atoms with Crippen LogP contribution in [0, 0.1) is 5.92 Å².